The van der Waals surface area contributed by atoms with Crippen molar-refractivity contribution in [2.45, 2.75) is 31.4 Å². The summed E-state index contributed by atoms with van der Waals surface area (Å²) in [6.07, 6.45) is 0.511. The van der Waals surface area contributed by atoms with E-state index < -0.39 is 42.2 Å². The van der Waals surface area contributed by atoms with Crippen molar-refractivity contribution < 1.29 is 37.0 Å². The molecule has 1 saturated heterocycles. The Morgan fingerprint density at radius 1 is 1.40 bits per heavy atom. The number of oxazole rings is 1. The average molecular weight is 513 g/mol. The van der Waals surface area contributed by atoms with E-state index in [1.165, 1.54) is 12.5 Å². The summed E-state index contributed by atoms with van der Waals surface area (Å²) >= 11 is 6.27. The number of aromatic nitrogens is 1. The number of methoxy groups -OCH3 is 1. The number of benzene rings is 1. The van der Waals surface area contributed by atoms with E-state index in [1.807, 2.05) is 0 Å². The molecule has 0 saturated carbocycles. The summed E-state index contributed by atoms with van der Waals surface area (Å²) in [6, 6.07) is 0.292. The van der Waals surface area contributed by atoms with Gasteiger partial charge in [0.05, 0.1) is 12.7 Å². The number of aliphatic carboxylic acids is 1. The lowest BCUT2D eigenvalue weighted by atomic mass is 9.94. The van der Waals surface area contributed by atoms with Crippen LogP contribution in [0.5, 0.6) is 0 Å². The molecule has 186 valence electrons. The molecule has 0 radical (unpaired) electrons. The highest BCUT2D eigenvalue weighted by Crippen LogP contribution is 2.39. The van der Waals surface area contributed by atoms with Gasteiger partial charge in [-0.2, -0.15) is 0 Å². The minimum Gasteiger partial charge on any atom is -0.480 e. The van der Waals surface area contributed by atoms with Gasteiger partial charge in [-0.3, -0.25) is 14.7 Å². The summed E-state index contributed by atoms with van der Waals surface area (Å²) in [6.45, 7) is 1.01. The standard InChI is InChI=1S/C22H20ClF3N4O5/c1-10-16(27-9-35-10)19-28-14(8-30-6-5-22(25,26)18(30)20(31)32)15(21(33)34-2)17(29-19)12-4-3-11(24)7-13(12)23/h3-4,7,9,17-18H,5-6,8H2,1-2H3,(H,28,29)(H,31,32)/t17-,18?/m0/s1. The maximum absolute atomic E-state index is 14.3. The molecule has 2 aliphatic rings. The number of hydrogen-bond acceptors (Lipinski definition) is 8. The number of rotatable bonds is 6. The molecule has 0 spiro atoms. The normalized spacial score (nSPS) is 22.1. The summed E-state index contributed by atoms with van der Waals surface area (Å²) in [5.74, 6) is -6.12. The number of amidine groups is 1. The Bertz CT molecular complexity index is 1250. The fourth-order valence-corrected chi connectivity index (χ4v) is 4.48. The van der Waals surface area contributed by atoms with Crippen LogP contribution in [-0.4, -0.2) is 64.9 Å². The molecule has 1 fully saturated rings. The number of alkyl halides is 2. The predicted octanol–water partition coefficient (Wildman–Crippen LogP) is 3.09. The molecule has 1 unspecified atom stereocenters. The van der Waals surface area contributed by atoms with E-state index in [-0.39, 0.29) is 46.5 Å². The number of halogens is 4. The molecule has 3 heterocycles. The van der Waals surface area contributed by atoms with Gasteiger partial charge >= 0.3 is 11.9 Å². The Labute approximate surface area is 202 Å². The van der Waals surface area contributed by atoms with Gasteiger partial charge in [0.1, 0.15) is 23.3 Å². The first-order chi connectivity index (χ1) is 16.5. The zero-order chi connectivity index (χ0) is 25.5. The monoisotopic (exact) mass is 512 g/mol. The number of carbonyl (C=O) groups is 2. The lowest BCUT2D eigenvalue weighted by Crippen LogP contribution is -2.48. The number of nitrogens with one attached hydrogen (secondary N) is 1. The fraction of sp³-hybridized carbons (Fsp3) is 0.364. The number of carbonyl (C=O) groups excluding carboxylic acids is 1. The third kappa shape index (κ3) is 4.63. The summed E-state index contributed by atoms with van der Waals surface area (Å²) in [4.78, 5) is 34.2. The van der Waals surface area contributed by atoms with Crippen molar-refractivity contribution in [2.75, 3.05) is 20.2 Å². The molecule has 2 aromatic rings. The maximum atomic E-state index is 14.3. The molecule has 35 heavy (non-hydrogen) atoms. The van der Waals surface area contributed by atoms with E-state index in [1.54, 1.807) is 6.92 Å². The Kier molecular flexibility index (Phi) is 6.60. The first-order valence-corrected chi connectivity index (χ1v) is 10.8. The molecule has 2 atom stereocenters. The molecule has 0 aliphatic carbocycles. The van der Waals surface area contributed by atoms with E-state index in [4.69, 9.17) is 20.8 Å². The van der Waals surface area contributed by atoms with Crippen LogP contribution in [0, 0.1) is 12.7 Å². The third-order valence-electron chi connectivity index (χ3n) is 5.85. The van der Waals surface area contributed by atoms with Crippen molar-refractivity contribution in [3.63, 3.8) is 0 Å². The first-order valence-electron chi connectivity index (χ1n) is 10.4. The highest BCUT2D eigenvalue weighted by atomic mass is 35.5. The van der Waals surface area contributed by atoms with E-state index in [0.29, 0.717) is 5.76 Å². The summed E-state index contributed by atoms with van der Waals surface area (Å²) in [5, 5.41) is 12.3. The Morgan fingerprint density at radius 2 is 2.14 bits per heavy atom. The van der Waals surface area contributed by atoms with Crippen molar-refractivity contribution >= 4 is 29.4 Å². The maximum Gasteiger partial charge on any atom is 0.338 e. The highest BCUT2D eigenvalue weighted by Gasteiger charge is 2.53. The van der Waals surface area contributed by atoms with Crippen LogP contribution >= 0.6 is 11.6 Å². The van der Waals surface area contributed by atoms with E-state index in [2.05, 4.69) is 15.3 Å². The van der Waals surface area contributed by atoms with Crippen LogP contribution in [0.15, 0.2) is 45.3 Å². The summed E-state index contributed by atoms with van der Waals surface area (Å²) in [7, 11) is 1.13. The third-order valence-corrected chi connectivity index (χ3v) is 6.18. The molecule has 13 heteroatoms. The van der Waals surface area contributed by atoms with Crippen LogP contribution in [0.4, 0.5) is 13.2 Å². The zero-order valence-electron chi connectivity index (χ0n) is 18.5. The Morgan fingerprint density at radius 3 is 2.74 bits per heavy atom. The van der Waals surface area contributed by atoms with Crippen molar-refractivity contribution in [2.24, 2.45) is 4.99 Å². The van der Waals surface area contributed by atoms with Gasteiger partial charge in [-0.05, 0) is 19.1 Å². The van der Waals surface area contributed by atoms with Crippen LogP contribution in [0.3, 0.4) is 0 Å². The Balaban J connectivity index is 1.86. The molecule has 2 N–H and O–H groups in total. The molecular weight excluding hydrogens is 493 g/mol. The van der Waals surface area contributed by atoms with Crippen LogP contribution < -0.4 is 5.32 Å². The highest BCUT2D eigenvalue weighted by molar-refractivity contribution is 6.31. The lowest BCUT2D eigenvalue weighted by molar-refractivity contribution is -0.152. The van der Waals surface area contributed by atoms with E-state index in [0.717, 1.165) is 24.1 Å². The second-order valence-corrected chi connectivity index (χ2v) is 8.44. The molecule has 1 aromatic carbocycles. The summed E-state index contributed by atoms with van der Waals surface area (Å²) < 4.78 is 52.5. The number of ether oxygens (including phenoxy) is 1. The smallest absolute Gasteiger partial charge is 0.338 e. The summed E-state index contributed by atoms with van der Waals surface area (Å²) in [5.41, 5.74) is 0.493. The van der Waals surface area contributed by atoms with Gasteiger partial charge in [0.15, 0.2) is 18.3 Å². The fourth-order valence-electron chi connectivity index (χ4n) is 4.21. The van der Waals surface area contributed by atoms with Gasteiger partial charge in [-0.15, -0.1) is 0 Å². The van der Waals surface area contributed by atoms with Gasteiger partial charge in [0.2, 0.25) is 0 Å². The van der Waals surface area contributed by atoms with Gasteiger partial charge < -0.3 is 19.6 Å². The van der Waals surface area contributed by atoms with Crippen molar-refractivity contribution in [3.8, 4) is 0 Å². The van der Waals surface area contributed by atoms with Crippen LogP contribution in [0.25, 0.3) is 0 Å². The van der Waals surface area contributed by atoms with E-state index in [9.17, 15) is 27.9 Å². The molecule has 2 aliphatic heterocycles. The van der Waals surface area contributed by atoms with Crippen LogP contribution in [0.1, 0.15) is 29.5 Å². The van der Waals surface area contributed by atoms with Crippen LogP contribution in [-0.2, 0) is 14.3 Å². The average Bonchev–Trinajstić information content (AvgIpc) is 3.34. The molecule has 0 amide bonds. The minimum absolute atomic E-state index is 0.0336. The van der Waals surface area contributed by atoms with E-state index >= 15 is 0 Å². The van der Waals surface area contributed by atoms with Crippen LogP contribution in [0.2, 0.25) is 5.02 Å². The number of likely N-dealkylation sites (tertiary alicyclic amines) is 1. The lowest BCUT2D eigenvalue weighted by Gasteiger charge is -2.31. The van der Waals surface area contributed by atoms with Crippen molar-refractivity contribution in [3.05, 3.63) is 63.7 Å². The van der Waals surface area contributed by atoms with Gasteiger partial charge in [-0.1, -0.05) is 17.7 Å². The number of nitrogens with zero attached hydrogens (tertiary/aromatic N) is 3. The molecule has 4 rings (SSSR count). The second-order valence-electron chi connectivity index (χ2n) is 8.03. The largest absolute Gasteiger partial charge is 0.480 e. The number of aryl methyl sites for hydroxylation is 1. The molecular formula is C22H20ClF3N4O5. The molecule has 9 nitrogen and oxygen atoms in total. The number of carboxylic acid groups (broad SMARTS) is 1. The first kappa shape index (κ1) is 24.7. The minimum atomic E-state index is -3.47. The van der Waals surface area contributed by atoms with Crippen molar-refractivity contribution in [1.29, 1.82) is 0 Å². The molecule has 0 bridgehead atoms. The number of hydrogen-bond donors (Lipinski definition) is 2. The zero-order valence-corrected chi connectivity index (χ0v) is 19.3. The number of esters is 1. The number of aliphatic imine (C=N–C) groups is 1. The Hall–Kier alpha value is -3.38. The van der Waals surface area contributed by atoms with Gasteiger partial charge in [-0.25, -0.2) is 22.9 Å². The predicted molar refractivity (Wildman–Crippen MR) is 117 cm³/mol. The SMILES string of the molecule is COC(=O)C1=C(CN2CCC(F)(F)C2C(=O)O)NC(c2ncoc2C)=N[C@H]1c1ccc(F)cc1Cl. The topological polar surface area (TPSA) is 117 Å². The second kappa shape index (κ2) is 9.34. The quantitative estimate of drug-likeness (QED) is 0.567. The van der Waals surface area contributed by atoms with Gasteiger partial charge in [0.25, 0.3) is 5.92 Å². The van der Waals surface area contributed by atoms with Gasteiger partial charge in [0, 0.05) is 35.8 Å². The van der Waals surface area contributed by atoms with Crippen molar-refractivity contribution in [1.82, 2.24) is 15.2 Å². The number of carboxylic acids is 1. The molecule has 1 aromatic heterocycles.